The summed E-state index contributed by atoms with van der Waals surface area (Å²) in [6.45, 7) is 0. The van der Waals surface area contributed by atoms with Gasteiger partial charge in [-0.1, -0.05) is 0 Å². The number of nitrogen functional groups attached to an aromatic ring is 2. The highest BCUT2D eigenvalue weighted by molar-refractivity contribution is 5.29. The predicted molar refractivity (Wildman–Crippen MR) is 34.9 cm³/mol. The summed E-state index contributed by atoms with van der Waals surface area (Å²) in [5.74, 6) is 4.79. The monoisotopic (exact) mass is 142 g/mol. The fourth-order valence-electron chi connectivity index (χ4n) is 0.444. The van der Waals surface area contributed by atoms with Gasteiger partial charge in [0, 0.05) is 0 Å². The summed E-state index contributed by atoms with van der Waals surface area (Å²) in [6.07, 6.45) is 0. The average molecular weight is 142 g/mol. The number of hydrogen-bond donors (Lipinski definition) is 4. The maximum atomic E-state index is 10.7. The fourth-order valence-corrected chi connectivity index (χ4v) is 0.444. The van der Waals surface area contributed by atoms with Crippen molar-refractivity contribution in [2.45, 2.75) is 0 Å². The fraction of sp³-hybridized carbons (Fsp3) is 0. The first-order valence-electron chi connectivity index (χ1n) is 2.43. The number of hydrazine groups is 1. The lowest BCUT2D eigenvalue weighted by atomic mass is 10.7. The zero-order valence-electron chi connectivity index (χ0n) is 4.96. The first-order chi connectivity index (χ1) is 4.74. The van der Waals surface area contributed by atoms with Gasteiger partial charge in [-0.05, 0) is 0 Å². The zero-order valence-corrected chi connectivity index (χ0v) is 4.96. The number of hydrogen-bond acceptors (Lipinski definition) is 6. The second-order valence-electron chi connectivity index (χ2n) is 1.53. The van der Waals surface area contributed by atoms with E-state index >= 15 is 0 Å². The van der Waals surface area contributed by atoms with Gasteiger partial charge in [-0.15, -0.1) is 10.2 Å². The number of nitrogens with two attached hydrogens (primary N) is 2. The Labute approximate surface area is 55.4 Å². The lowest BCUT2D eigenvalue weighted by Crippen LogP contribution is -2.22. The van der Waals surface area contributed by atoms with Gasteiger partial charge < -0.3 is 11.2 Å². The van der Waals surface area contributed by atoms with Gasteiger partial charge >= 0.3 is 0 Å². The van der Waals surface area contributed by atoms with Gasteiger partial charge in [-0.25, -0.2) is 5.84 Å². The molecule has 7 heteroatoms. The van der Waals surface area contributed by atoms with Crippen LogP contribution in [-0.2, 0) is 0 Å². The SMILES string of the molecule is NNc1nnc(N)[nH]c1=O. The highest BCUT2D eigenvalue weighted by atomic mass is 16.1. The molecule has 0 aromatic carbocycles. The Hall–Kier alpha value is -1.63. The van der Waals surface area contributed by atoms with E-state index in [1.54, 1.807) is 0 Å². The van der Waals surface area contributed by atoms with Crippen LogP contribution >= 0.6 is 0 Å². The van der Waals surface area contributed by atoms with Crippen molar-refractivity contribution >= 4 is 11.8 Å². The van der Waals surface area contributed by atoms with Crippen LogP contribution in [-0.4, -0.2) is 15.2 Å². The summed E-state index contributed by atoms with van der Waals surface area (Å²) in [4.78, 5) is 12.9. The Morgan fingerprint density at radius 2 is 2.20 bits per heavy atom. The highest BCUT2D eigenvalue weighted by Crippen LogP contribution is 1.85. The van der Waals surface area contributed by atoms with Crippen molar-refractivity contribution in [3.8, 4) is 0 Å². The number of nitrogens with one attached hydrogen (secondary N) is 2. The minimum Gasteiger partial charge on any atom is -0.368 e. The largest absolute Gasteiger partial charge is 0.368 e. The Bertz CT molecular complexity index is 279. The first kappa shape index (κ1) is 6.49. The van der Waals surface area contributed by atoms with E-state index in [0.717, 1.165) is 0 Å². The number of aromatic amines is 1. The van der Waals surface area contributed by atoms with Gasteiger partial charge in [0.1, 0.15) is 0 Å². The standard InChI is InChI=1S/C3H6N6O/c4-3-6-2(10)1(7-5)8-9-3/h5H2,(H,7,8)(H3,4,6,9,10). The number of H-pyrrole nitrogens is 1. The highest BCUT2D eigenvalue weighted by Gasteiger charge is 1.97. The summed E-state index contributed by atoms with van der Waals surface area (Å²) in [5, 5.41) is 6.68. The van der Waals surface area contributed by atoms with Crippen LogP contribution in [0, 0.1) is 0 Å². The summed E-state index contributed by atoms with van der Waals surface area (Å²) < 4.78 is 0. The van der Waals surface area contributed by atoms with E-state index in [4.69, 9.17) is 11.6 Å². The molecule has 0 amide bonds. The van der Waals surface area contributed by atoms with E-state index in [0.29, 0.717) is 0 Å². The third kappa shape index (κ3) is 1.03. The molecule has 0 bridgehead atoms. The second-order valence-corrected chi connectivity index (χ2v) is 1.53. The van der Waals surface area contributed by atoms with Crippen molar-refractivity contribution < 1.29 is 0 Å². The molecule has 0 radical (unpaired) electrons. The van der Waals surface area contributed by atoms with E-state index in [-0.39, 0.29) is 11.8 Å². The lowest BCUT2D eigenvalue weighted by molar-refractivity contribution is 0.955. The summed E-state index contributed by atoms with van der Waals surface area (Å²) >= 11 is 0. The molecule has 0 unspecified atom stereocenters. The third-order valence-corrected chi connectivity index (χ3v) is 0.851. The smallest absolute Gasteiger partial charge is 0.296 e. The van der Waals surface area contributed by atoms with Crippen molar-refractivity contribution in [3.63, 3.8) is 0 Å². The van der Waals surface area contributed by atoms with Crippen molar-refractivity contribution in [3.05, 3.63) is 10.4 Å². The van der Waals surface area contributed by atoms with E-state index < -0.39 is 5.56 Å². The minimum atomic E-state index is -0.491. The molecule has 1 rings (SSSR count). The summed E-state index contributed by atoms with van der Waals surface area (Å²) in [7, 11) is 0. The number of anilines is 2. The molecular weight excluding hydrogens is 136 g/mol. The van der Waals surface area contributed by atoms with Crippen molar-refractivity contribution in [2.24, 2.45) is 5.84 Å². The lowest BCUT2D eigenvalue weighted by Gasteiger charge is -1.94. The molecule has 0 saturated heterocycles. The predicted octanol–water partition coefficient (Wildman–Crippen LogP) is -1.97. The molecule has 0 aliphatic carbocycles. The Morgan fingerprint density at radius 1 is 1.50 bits per heavy atom. The van der Waals surface area contributed by atoms with Crippen LogP contribution < -0.4 is 22.6 Å². The van der Waals surface area contributed by atoms with Crippen LogP contribution in [0.3, 0.4) is 0 Å². The molecule has 7 nitrogen and oxygen atoms in total. The molecule has 0 aliphatic heterocycles. The molecule has 0 fully saturated rings. The molecule has 10 heavy (non-hydrogen) atoms. The third-order valence-electron chi connectivity index (χ3n) is 0.851. The number of nitrogens with zero attached hydrogens (tertiary/aromatic N) is 2. The van der Waals surface area contributed by atoms with Crippen molar-refractivity contribution in [1.82, 2.24) is 15.2 Å². The normalized spacial score (nSPS) is 9.30. The van der Waals surface area contributed by atoms with Gasteiger partial charge in [-0.2, -0.15) is 0 Å². The topological polar surface area (TPSA) is 123 Å². The van der Waals surface area contributed by atoms with Gasteiger partial charge in [0.2, 0.25) is 11.8 Å². The van der Waals surface area contributed by atoms with Gasteiger partial charge in [-0.3, -0.25) is 9.78 Å². The van der Waals surface area contributed by atoms with Gasteiger partial charge in [0.15, 0.2) is 0 Å². The maximum absolute atomic E-state index is 10.7. The molecule has 1 aromatic heterocycles. The van der Waals surface area contributed by atoms with E-state index in [2.05, 4.69) is 15.2 Å². The van der Waals surface area contributed by atoms with Gasteiger partial charge in [0.05, 0.1) is 0 Å². The van der Waals surface area contributed by atoms with Crippen molar-refractivity contribution in [2.75, 3.05) is 11.2 Å². The molecule has 0 atom stereocenters. The van der Waals surface area contributed by atoms with Crippen LogP contribution in [0.15, 0.2) is 4.79 Å². The quantitative estimate of drug-likeness (QED) is 0.266. The molecule has 54 valence electrons. The first-order valence-corrected chi connectivity index (χ1v) is 2.43. The van der Waals surface area contributed by atoms with Crippen LogP contribution in [0.1, 0.15) is 0 Å². The minimum absolute atomic E-state index is 0.0380. The van der Waals surface area contributed by atoms with Crippen LogP contribution in [0.4, 0.5) is 11.8 Å². The number of rotatable bonds is 1. The number of aromatic nitrogens is 3. The second kappa shape index (κ2) is 2.31. The molecule has 6 N–H and O–H groups in total. The Morgan fingerprint density at radius 3 is 2.70 bits per heavy atom. The summed E-state index contributed by atoms with van der Waals surface area (Å²) in [6, 6.07) is 0. The molecule has 1 aromatic rings. The van der Waals surface area contributed by atoms with Crippen molar-refractivity contribution in [1.29, 1.82) is 0 Å². The average Bonchev–Trinajstić information content (AvgIpc) is 1.88. The Kier molecular flexibility index (Phi) is 1.50. The van der Waals surface area contributed by atoms with E-state index in [1.807, 2.05) is 5.43 Å². The van der Waals surface area contributed by atoms with E-state index in [1.165, 1.54) is 0 Å². The van der Waals surface area contributed by atoms with Crippen LogP contribution in [0.25, 0.3) is 0 Å². The molecule has 0 saturated carbocycles. The molecular formula is C3H6N6O. The van der Waals surface area contributed by atoms with E-state index in [9.17, 15) is 4.79 Å². The van der Waals surface area contributed by atoms with Crippen LogP contribution in [0.2, 0.25) is 0 Å². The maximum Gasteiger partial charge on any atom is 0.296 e. The Balaban J connectivity index is 3.20. The molecule has 0 spiro atoms. The zero-order chi connectivity index (χ0) is 7.56. The van der Waals surface area contributed by atoms with Crippen LogP contribution in [0.5, 0.6) is 0 Å². The molecule has 0 aliphatic rings. The summed E-state index contributed by atoms with van der Waals surface area (Å²) in [5.41, 5.74) is 6.64. The van der Waals surface area contributed by atoms with Gasteiger partial charge in [0.25, 0.3) is 5.56 Å². The molecule has 1 heterocycles.